The molecule has 6 heteroatoms. The molecule has 0 spiro atoms. The van der Waals surface area contributed by atoms with Gasteiger partial charge < -0.3 is 14.8 Å². The first kappa shape index (κ1) is 18.8. The van der Waals surface area contributed by atoms with E-state index in [0.717, 1.165) is 5.56 Å². The van der Waals surface area contributed by atoms with Crippen LogP contribution in [0, 0.1) is 6.92 Å². The molecule has 0 heterocycles. The van der Waals surface area contributed by atoms with E-state index in [0.29, 0.717) is 28.4 Å². The maximum Gasteiger partial charge on any atom is 0.337 e. The fourth-order valence-electron chi connectivity index (χ4n) is 2.23. The number of para-hydroxylation sites is 1. The number of halogens is 1. The smallest absolute Gasteiger partial charge is 0.337 e. The van der Waals surface area contributed by atoms with Crippen LogP contribution in [0.2, 0.25) is 5.02 Å². The van der Waals surface area contributed by atoms with Crippen LogP contribution in [0.25, 0.3) is 0 Å². The molecule has 0 aliphatic carbocycles. The molecule has 0 unspecified atom stereocenters. The van der Waals surface area contributed by atoms with Gasteiger partial charge in [0.2, 0.25) is 0 Å². The number of hydrogen-bond acceptors (Lipinski definition) is 4. The minimum atomic E-state index is -0.707. The first-order valence-electron chi connectivity index (χ1n) is 7.87. The molecule has 2 aromatic carbocycles. The standard InChI is InChI=1S/C19H20ClNO4/c1-4-16(25-17-8-6-5-7-14(17)20)18(22)21-15-11-13(19(23)24-3)10-9-12(15)2/h5-11,16H,4H2,1-3H3,(H,21,22)/t16-/m0/s1. The molecule has 5 nitrogen and oxygen atoms in total. The summed E-state index contributed by atoms with van der Waals surface area (Å²) in [6.45, 7) is 3.69. The normalized spacial score (nSPS) is 11.5. The van der Waals surface area contributed by atoms with Crippen molar-refractivity contribution in [1.29, 1.82) is 0 Å². The van der Waals surface area contributed by atoms with Crippen LogP contribution in [0.5, 0.6) is 5.75 Å². The molecule has 0 saturated carbocycles. The lowest BCUT2D eigenvalue weighted by molar-refractivity contribution is -0.122. The number of aryl methyl sites for hydroxylation is 1. The van der Waals surface area contributed by atoms with E-state index in [1.54, 1.807) is 42.5 Å². The Morgan fingerprint density at radius 3 is 2.56 bits per heavy atom. The summed E-state index contributed by atoms with van der Waals surface area (Å²) in [5, 5.41) is 3.25. The first-order chi connectivity index (χ1) is 12.0. The molecule has 0 aliphatic heterocycles. The molecule has 1 N–H and O–H groups in total. The highest BCUT2D eigenvalue weighted by Gasteiger charge is 2.20. The Balaban J connectivity index is 2.17. The zero-order chi connectivity index (χ0) is 18.4. The van der Waals surface area contributed by atoms with Crippen LogP contribution in [0.4, 0.5) is 5.69 Å². The van der Waals surface area contributed by atoms with Gasteiger partial charge in [-0.3, -0.25) is 4.79 Å². The fourth-order valence-corrected chi connectivity index (χ4v) is 2.41. The maximum atomic E-state index is 12.6. The van der Waals surface area contributed by atoms with Gasteiger partial charge in [-0.05, 0) is 43.2 Å². The lowest BCUT2D eigenvalue weighted by Crippen LogP contribution is -2.32. The molecule has 0 aliphatic rings. The monoisotopic (exact) mass is 361 g/mol. The molecule has 2 aromatic rings. The summed E-state index contributed by atoms with van der Waals surface area (Å²) >= 11 is 6.08. The molecule has 1 atom stereocenters. The van der Waals surface area contributed by atoms with Gasteiger partial charge >= 0.3 is 5.97 Å². The number of carbonyl (C=O) groups excluding carboxylic acids is 2. The molecule has 1 amide bonds. The van der Waals surface area contributed by atoms with Crippen LogP contribution < -0.4 is 10.1 Å². The molecular formula is C19H20ClNO4. The summed E-state index contributed by atoms with van der Waals surface area (Å²) in [5.41, 5.74) is 1.73. The van der Waals surface area contributed by atoms with Gasteiger partial charge in [-0.2, -0.15) is 0 Å². The van der Waals surface area contributed by atoms with E-state index in [1.165, 1.54) is 7.11 Å². The average molecular weight is 362 g/mol. The van der Waals surface area contributed by atoms with Crippen molar-refractivity contribution in [2.75, 3.05) is 12.4 Å². The average Bonchev–Trinajstić information content (AvgIpc) is 2.62. The second kappa shape index (κ2) is 8.53. The Morgan fingerprint density at radius 2 is 1.92 bits per heavy atom. The zero-order valence-electron chi connectivity index (χ0n) is 14.3. The van der Waals surface area contributed by atoms with E-state index < -0.39 is 12.1 Å². The predicted molar refractivity (Wildman–Crippen MR) is 97.3 cm³/mol. The predicted octanol–water partition coefficient (Wildman–Crippen LogP) is 4.23. The van der Waals surface area contributed by atoms with Gasteiger partial charge in [0, 0.05) is 5.69 Å². The third kappa shape index (κ3) is 4.73. The van der Waals surface area contributed by atoms with Crippen molar-refractivity contribution >= 4 is 29.2 Å². The van der Waals surface area contributed by atoms with Crippen LogP contribution in [0.15, 0.2) is 42.5 Å². The largest absolute Gasteiger partial charge is 0.479 e. The highest BCUT2D eigenvalue weighted by molar-refractivity contribution is 6.32. The van der Waals surface area contributed by atoms with Crippen LogP contribution in [0.3, 0.4) is 0 Å². The minimum absolute atomic E-state index is 0.312. The summed E-state index contributed by atoms with van der Waals surface area (Å²) in [6, 6.07) is 12.0. The Hall–Kier alpha value is -2.53. The second-order valence-corrected chi connectivity index (χ2v) is 5.86. The Labute approximate surface area is 151 Å². The van der Waals surface area contributed by atoms with Crippen molar-refractivity contribution in [2.24, 2.45) is 0 Å². The van der Waals surface area contributed by atoms with Crippen molar-refractivity contribution in [3.05, 3.63) is 58.6 Å². The molecular weight excluding hydrogens is 342 g/mol. The van der Waals surface area contributed by atoms with Gasteiger partial charge in [-0.25, -0.2) is 4.79 Å². The van der Waals surface area contributed by atoms with E-state index in [4.69, 9.17) is 21.1 Å². The number of esters is 1. The summed E-state index contributed by atoms with van der Waals surface area (Å²) in [7, 11) is 1.31. The van der Waals surface area contributed by atoms with E-state index in [2.05, 4.69) is 5.32 Å². The number of ether oxygens (including phenoxy) is 2. The van der Waals surface area contributed by atoms with Gasteiger partial charge in [0.15, 0.2) is 6.10 Å². The topological polar surface area (TPSA) is 64.6 Å². The minimum Gasteiger partial charge on any atom is -0.479 e. The number of amides is 1. The van der Waals surface area contributed by atoms with Gasteiger partial charge in [0.1, 0.15) is 5.75 Å². The molecule has 0 radical (unpaired) electrons. The lowest BCUT2D eigenvalue weighted by atomic mass is 10.1. The highest BCUT2D eigenvalue weighted by Crippen LogP contribution is 2.25. The van der Waals surface area contributed by atoms with E-state index in [-0.39, 0.29) is 5.91 Å². The van der Waals surface area contributed by atoms with Crippen molar-refractivity contribution in [3.63, 3.8) is 0 Å². The number of rotatable bonds is 6. The number of benzene rings is 2. The Kier molecular flexibility index (Phi) is 6.42. The second-order valence-electron chi connectivity index (χ2n) is 5.46. The first-order valence-corrected chi connectivity index (χ1v) is 8.25. The summed E-state index contributed by atoms with van der Waals surface area (Å²) in [4.78, 5) is 24.2. The molecule has 2 rings (SSSR count). The maximum absolute atomic E-state index is 12.6. The third-order valence-electron chi connectivity index (χ3n) is 3.69. The van der Waals surface area contributed by atoms with Crippen LogP contribution in [0.1, 0.15) is 29.3 Å². The number of methoxy groups -OCH3 is 1. The van der Waals surface area contributed by atoms with E-state index >= 15 is 0 Å². The highest BCUT2D eigenvalue weighted by atomic mass is 35.5. The summed E-state index contributed by atoms with van der Waals surface area (Å²) < 4.78 is 10.4. The van der Waals surface area contributed by atoms with Gasteiger partial charge in [-0.1, -0.05) is 36.7 Å². The van der Waals surface area contributed by atoms with Crippen molar-refractivity contribution < 1.29 is 19.1 Å². The molecule has 0 aromatic heterocycles. The zero-order valence-corrected chi connectivity index (χ0v) is 15.1. The SMILES string of the molecule is CC[C@H](Oc1ccccc1Cl)C(=O)Nc1cc(C(=O)OC)ccc1C. The Bertz CT molecular complexity index is 776. The van der Waals surface area contributed by atoms with E-state index in [9.17, 15) is 9.59 Å². The number of hydrogen-bond donors (Lipinski definition) is 1. The fraction of sp³-hybridized carbons (Fsp3) is 0.263. The molecule has 132 valence electrons. The van der Waals surface area contributed by atoms with Crippen molar-refractivity contribution in [1.82, 2.24) is 0 Å². The molecule has 0 saturated heterocycles. The van der Waals surface area contributed by atoms with Gasteiger partial charge in [-0.15, -0.1) is 0 Å². The number of anilines is 1. The van der Waals surface area contributed by atoms with Crippen molar-refractivity contribution in [2.45, 2.75) is 26.4 Å². The summed E-state index contributed by atoms with van der Waals surface area (Å²) in [6.07, 6.45) is -0.242. The van der Waals surface area contributed by atoms with Crippen LogP contribution in [-0.2, 0) is 9.53 Å². The molecule has 0 bridgehead atoms. The molecule has 0 fully saturated rings. The third-order valence-corrected chi connectivity index (χ3v) is 4.00. The van der Waals surface area contributed by atoms with Crippen LogP contribution >= 0.6 is 11.6 Å². The number of nitrogens with one attached hydrogen (secondary N) is 1. The van der Waals surface area contributed by atoms with Crippen molar-refractivity contribution in [3.8, 4) is 5.75 Å². The van der Waals surface area contributed by atoms with Crippen LogP contribution in [-0.4, -0.2) is 25.1 Å². The van der Waals surface area contributed by atoms with E-state index in [1.807, 2.05) is 13.8 Å². The number of carbonyl (C=O) groups is 2. The van der Waals surface area contributed by atoms with Gasteiger partial charge in [0.25, 0.3) is 5.91 Å². The van der Waals surface area contributed by atoms with Gasteiger partial charge in [0.05, 0.1) is 17.7 Å². The quantitative estimate of drug-likeness (QED) is 0.782. The summed E-state index contributed by atoms with van der Waals surface area (Å²) in [5.74, 6) is -0.325. The molecule has 25 heavy (non-hydrogen) atoms. The Morgan fingerprint density at radius 1 is 1.20 bits per heavy atom. The lowest BCUT2D eigenvalue weighted by Gasteiger charge is -2.19.